The number of aromatic nitrogens is 2. The highest BCUT2D eigenvalue weighted by Crippen LogP contribution is 2.12. The van der Waals surface area contributed by atoms with Crippen LogP contribution in [0, 0.1) is 0 Å². The molecule has 2 N–H and O–H groups in total. The molecule has 1 aromatic carbocycles. The van der Waals surface area contributed by atoms with Crippen molar-refractivity contribution in [3.8, 4) is 0 Å². The Kier molecular flexibility index (Phi) is 5.66. The van der Waals surface area contributed by atoms with Crippen molar-refractivity contribution in [2.24, 2.45) is 5.10 Å². The number of rotatable bonds is 5. The number of hydrogen-bond donors (Lipinski definition) is 2. The van der Waals surface area contributed by atoms with Crippen LogP contribution in [0.4, 0.5) is 0 Å². The first-order chi connectivity index (χ1) is 10.6. The van der Waals surface area contributed by atoms with Gasteiger partial charge in [-0.15, -0.1) is 0 Å². The van der Waals surface area contributed by atoms with Gasteiger partial charge in [-0.2, -0.15) is 10.2 Å². The van der Waals surface area contributed by atoms with E-state index >= 15 is 0 Å². The topological polar surface area (TPSA) is 70.1 Å². The maximum absolute atomic E-state index is 11.9. The van der Waals surface area contributed by atoms with Crippen molar-refractivity contribution in [3.63, 3.8) is 0 Å². The second-order valence-corrected chi connectivity index (χ2v) is 5.92. The summed E-state index contributed by atoms with van der Waals surface area (Å²) in [4.78, 5) is 11.9. The van der Waals surface area contributed by atoms with Gasteiger partial charge in [0.15, 0.2) is 5.69 Å². The minimum absolute atomic E-state index is 0.292. The fourth-order valence-electron chi connectivity index (χ4n) is 1.70. The molecule has 0 atom stereocenters. The first-order valence-electron chi connectivity index (χ1n) is 6.87. The van der Waals surface area contributed by atoms with Crippen LogP contribution in [0.3, 0.4) is 0 Å². The Morgan fingerprint density at radius 2 is 2.09 bits per heavy atom. The number of hydrazone groups is 1. The molecular weight excluding hydrogens is 344 g/mol. The molecule has 0 saturated heterocycles. The van der Waals surface area contributed by atoms with E-state index in [4.69, 9.17) is 0 Å². The first kappa shape index (κ1) is 16.2. The lowest BCUT2D eigenvalue weighted by Crippen LogP contribution is -2.17. The third kappa shape index (κ3) is 4.66. The molecule has 5 nitrogen and oxygen atoms in total. The number of benzene rings is 1. The maximum Gasteiger partial charge on any atom is 0.291 e. The molecule has 0 spiro atoms. The quantitative estimate of drug-likeness (QED) is 0.630. The SMILES string of the molecule is CC(C)c1cc(C(=O)N/N=C/C(Br)=C/c2ccccc2)n[nH]1. The third-order valence-electron chi connectivity index (χ3n) is 2.91. The summed E-state index contributed by atoms with van der Waals surface area (Å²) in [6.45, 7) is 4.05. The fraction of sp³-hybridized carbons (Fsp3) is 0.188. The number of halogens is 1. The summed E-state index contributed by atoms with van der Waals surface area (Å²) >= 11 is 3.38. The molecule has 1 heterocycles. The molecule has 0 aliphatic carbocycles. The van der Waals surface area contributed by atoms with E-state index in [-0.39, 0.29) is 5.91 Å². The zero-order chi connectivity index (χ0) is 15.9. The average Bonchev–Trinajstić information content (AvgIpc) is 2.98. The highest BCUT2D eigenvalue weighted by Gasteiger charge is 2.10. The normalized spacial score (nSPS) is 12.1. The van der Waals surface area contributed by atoms with E-state index in [1.54, 1.807) is 6.07 Å². The van der Waals surface area contributed by atoms with Crippen LogP contribution in [0.15, 0.2) is 46.0 Å². The van der Waals surface area contributed by atoms with E-state index in [1.165, 1.54) is 6.21 Å². The van der Waals surface area contributed by atoms with Gasteiger partial charge < -0.3 is 0 Å². The van der Waals surface area contributed by atoms with Gasteiger partial charge in [-0.25, -0.2) is 5.43 Å². The van der Waals surface area contributed by atoms with Crippen molar-refractivity contribution < 1.29 is 4.79 Å². The molecule has 0 aliphatic rings. The number of allylic oxidation sites excluding steroid dienone is 1. The maximum atomic E-state index is 11.9. The van der Waals surface area contributed by atoms with Crippen molar-refractivity contribution in [2.45, 2.75) is 19.8 Å². The average molecular weight is 361 g/mol. The van der Waals surface area contributed by atoms with Gasteiger partial charge in [-0.3, -0.25) is 9.89 Å². The summed E-state index contributed by atoms with van der Waals surface area (Å²) in [6, 6.07) is 11.5. The molecule has 114 valence electrons. The molecule has 0 bridgehead atoms. The van der Waals surface area contributed by atoms with Crippen molar-refractivity contribution in [1.82, 2.24) is 15.6 Å². The van der Waals surface area contributed by atoms with Gasteiger partial charge in [0.2, 0.25) is 0 Å². The number of H-pyrrole nitrogens is 1. The lowest BCUT2D eigenvalue weighted by atomic mass is 10.1. The zero-order valence-electron chi connectivity index (χ0n) is 12.4. The van der Waals surface area contributed by atoms with Gasteiger partial charge in [0.1, 0.15) is 0 Å². The minimum Gasteiger partial charge on any atom is -0.282 e. The van der Waals surface area contributed by atoms with Gasteiger partial charge in [-0.1, -0.05) is 44.2 Å². The summed E-state index contributed by atoms with van der Waals surface area (Å²) < 4.78 is 0.754. The molecule has 6 heteroatoms. The molecule has 0 radical (unpaired) electrons. The number of nitrogens with zero attached hydrogens (tertiary/aromatic N) is 2. The van der Waals surface area contributed by atoms with Crippen LogP contribution in [0.25, 0.3) is 6.08 Å². The highest BCUT2D eigenvalue weighted by molar-refractivity contribution is 9.12. The second-order valence-electron chi connectivity index (χ2n) is 5.00. The van der Waals surface area contributed by atoms with Gasteiger partial charge in [-0.05, 0) is 39.6 Å². The van der Waals surface area contributed by atoms with Crippen molar-refractivity contribution in [2.75, 3.05) is 0 Å². The van der Waals surface area contributed by atoms with Gasteiger partial charge in [0.05, 0.1) is 6.21 Å². The molecule has 2 aromatic rings. The van der Waals surface area contributed by atoms with Crippen LogP contribution in [0.1, 0.15) is 41.5 Å². The summed E-state index contributed by atoms with van der Waals surface area (Å²) in [5, 5.41) is 10.7. The minimum atomic E-state index is -0.348. The molecule has 0 aliphatic heterocycles. The second kappa shape index (κ2) is 7.70. The van der Waals surface area contributed by atoms with Crippen molar-refractivity contribution in [1.29, 1.82) is 0 Å². The fourth-order valence-corrected chi connectivity index (χ4v) is 2.07. The Morgan fingerprint density at radius 1 is 1.36 bits per heavy atom. The zero-order valence-corrected chi connectivity index (χ0v) is 14.0. The monoisotopic (exact) mass is 360 g/mol. The van der Waals surface area contributed by atoms with Crippen LogP contribution in [0.2, 0.25) is 0 Å². The number of nitrogens with one attached hydrogen (secondary N) is 2. The van der Waals surface area contributed by atoms with Crippen LogP contribution in [-0.4, -0.2) is 22.3 Å². The van der Waals surface area contributed by atoms with Crippen LogP contribution < -0.4 is 5.43 Å². The van der Waals surface area contributed by atoms with Crippen molar-refractivity contribution >= 4 is 34.1 Å². The van der Waals surface area contributed by atoms with E-state index in [1.807, 2.05) is 50.3 Å². The Morgan fingerprint density at radius 3 is 2.73 bits per heavy atom. The summed E-state index contributed by atoms with van der Waals surface area (Å²) in [7, 11) is 0. The number of carbonyl (C=O) groups is 1. The third-order valence-corrected chi connectivity index (χ3v) is 3.34. The summed E-state index contributed by atoms with van der Waals surface area (Å²) in [6.07, 6.45) is 3.43. The van der Waals surface area contributed by atoms with Crippen LogP contribution in [0.5, 0.6) is 0 Å². The molecule has 2 rings (SSSR count). The van der Waals surface area contributed by atoms with E-state index < -0.39 is 0 Å². The molecular formula is C16H17BrN4O. The predicted octanol–water partition coefficient (Wildman–Crippen LogP) is 3.68. The van der Waals surface area contributed by atoms with E-state index in [9.17, 15) is 4.79 Å². The predicted molar refractivity (Wildman–Crippen MR) is 92.0 cm³/mol. The largest absolute Gasteiger partial charge is 0.291 e. The highest BCUT2D eigenvalue weighted by atomic mass is 79.9. The molecule has 0 saturated carbocycles. The van der Waals surface area contributed by atoms with Gasteiger partial charge in [0, 0.05) is 10.2 Å². The number of aromatic amines is 1. The van der Waals surface area contributed by atoms with E-state index in [0.717, 1.165) is 15.7 Å². The number of hydrogen-bond acceptors (Lipinski definition) is 3. The number of amides is 1. The van der Waals surface area contributed by atoms with Crippen LogP contribution >= 0.6 is 15.9 Å². The van der Waals surface area contributed by atoms with Crippen molar-refractivity contribution in [3.05, 3.63) is 57.8 Å². The summed E-state index contributed by atoms with van der Waals surface area (Å²) in [5.74, 6) is -0.0556. The molecule has 0 fully saturated rings. The molecule has 0 unspecified atom stereocenters. The molecule has 22 heavy (non-hydrogen) atoms. The van der Waals surface area contributed by atoms with Gasteiger partial charge >= 0.3 is 0 Å². The van der Waals surface area contributed by atoms with Gasteiger partial charge in [0.25, 0.3) is 5.91 Å². The lowest BCUT2D eigenvalue weighted by molar-refractivity contribution is 0.0950. The molecule has 1 amide bonds. The number of carbonyl (C=O) groups excluding carboxylic acids is 1. The Hall–Kier alpha value is -2.21. The van der Waals surface area contributed by atoms with Crippen LogP contribution in [-0.2, 0) is 0 Å². The van der Waals surface area contributed by atoms with E-state index in [0.29, 0.717) is 11.6 Å². The standard InChI is InChI=1S/C16H17BrN4O/c1-11(2)14-9-15(20-19-14)16(22)21-18-10-13(17)8-12-6-4-3-5-7-12/h3-11H,1-2H3,(H,19,20)(H,21,22)/b13-8-,18-10+. The first-order valence-corrected chi connectivity index (χ1v) is 7.66. The lowest BCUT2D eigenvalue weighted by Gasteiger charge is -1.97. The Balaban J connectivity index is 1.93. The van der Waals surface area contributed by atoms with E-state index in [2.05, 4.69) is 36.7 Å². The Bertz CT molecular complexity index is 689. The smallest absolute Gasteiger partial charge is 0.282 e. The summed E-state index contributed by atoms with van der Waals surface area (Å²) in [5.41, 5.74) is 4.73. The Labute approximate surface area is 137 Å². The molecule has 1 aromatic heterocycles.